The van der Waals surface area contributed by atoms with Crippen LogP contribution >= 0.6 is 0 Å². The smallest absolute Gasteiger partial charge is 0.119 e. The van der Waals surface area contributed by atoms with E-state index in [4.69, 9.17) is 10.5 Å². The fourth-order valence-electron chi connectivity index (χ4n) is 2.09. The number of benzene rings is 1. The van der Waals surface area contributed by atoms with Crippen LogP contribution in [-0.2, 0) is 0 Å². The van der Waals surface area contributed by atoms with Crippen molar-refractivity contribution in [1.82, 2.24) is 4.90 Å². The van der Waals surface area contributed by atoms with Crippen molar-refractivity contribution < 1.29 is 4.74 Å². The van der Waals surface area contributed by atoms with Crippen LogP contribution in [0.2, 0.25) is 0 Å². The van der Waals surface area contributed by atoms with Gasteiger partial charge in [0.15, 0.2) is 0 Å². The van der Waals surface area contributed by atoms with Gasteiger partial charge in [-0.15, -0.1) is 0 Å². The largest absolute Gasteiger partial charge is 0.492 e. The molecule has 1 atom stereocenters. The SMILES string of the molecule is C[C@H]1CCN(CCOc2ccc(N)cc2)C1. The lowest BCUT2D eigenvalue weighted by Gasteiger charge is -2.15. The molecule has 88 valence electrons. The summed E-state index contributed by atoms with van der Waals surface area (Å²) >= 11 is 0. The predicted molar refractivity (Wildman–Crippen MR) is 66.6 cm³/mol. The summed E-state index contributed by atoms with van der Waals surface area (Å²) in [5.41, 5.74) is 6.38. The Morgan fingerprint density at radius 3 is 2.75 bits per heavy atom. The molecule has 0 unspecified atom stereocenters. The van der Waals surface area contributed by atoms with Gasteiger partial charge in [-0.3, -0.25) is 4.90 Å². The molecular weight excluding hydrogens is 200 g/mol. The van der Waals surface area contributed by atoms with E-state index in [2.05, 4.69) is 11.8 Å². The van der Waals surface area contributed by atoms with E-state index in [1.54, 1.807) is 0 Å². The van der Waals surface area contributed by atoms with E-state index >= 15 is 0 Å². The Morgan fingerprint density at radius 1 is 1.38 bits per heavy atom. The number of nitrogen functional groups attached to an aromatic ring is 1. The summed E-state index contributed by atoms with van der Waals surface area (Å²) in [5, 5.41) is 0. The number of hydrogen-bond acceptors (Lipinski definition) is 3. The Morgan fingerprint density at radius 2 is 2.12 bits per heavy atom. The van der Waals surface area contributed by atoms with Crippen LogP contribution in [0.4, 0.5) is 5.69 Å². The highest BCUT2D eigenvalue weighted by Gasteiger charge is 2.17. The van der Waals surface area contributed by atoms with Crippen LogP contribution in [-0.4, -0.2) is 31.1 Å². The van der Waals surface area contributed by atoms with E-state index in [1.165, 1.54) is 19.5 Å². The van der Waals surface area contributed by atoms with Crippen LogP contribution in [0.1, 0.15) is 13.3 Å². The third-order valence-electron chi connectivity index (χ3n) is 3.06. The van der Waals surface area contributed by atoms with Crippen molar-refractivity contribution in [2.75, 3.05) is 32.0 Å². The van der Waals surface area contributed by atoms with Gasteiger partial charge < -0.3 is 10.5 Å². The van der Waals surface area contributed by atoms with Gasteiger partial charge in [-0.1, -0.05) is 6.92 Å². The molecule has 2 N–H and O–H groups in total. The molecule has 0 saturated carbocycles. The van der Waals surface area contributed by atoms with Gasteiger partial charge in [-0.2, -0.15) is 0 Å². The van der Waals surface area contributed by atoms with E-state index in [0.29, 0.717) is 0 Å². The molecule has 3 heteroatoms. The van der Waals surface area contributed by atoms with E-state index in [1.807, 2.05) is 24.3 Å². The van der Waals surface area contributed by atoms with Crippen LogP contribution in [0.3, 0.4) is 0 Å². The number of rotatable bonds is 4. The quantitative estimate of drug-likeness (QED) is 0.789. The first kappa shape index (κ1) is 11.3. The predicted octanol–water partition coefficient (Wildman–Crippen LogP) is 1.99. The highest BCUT2D eigenvalue weighted by molar-refractivity contribution is 5.41. The molecule has 2 rings (SSSR count). The van der Waals surface area contributed by atoms with Gasteiger partial charge in [0.05, 0.1) is 0 Å². The number of nitrogens with zero attached hydrogens (tertiary/aromatic N) is 1. The lowest BCUT2D eigenvalue weighted by Crippen LogP contribution is -2.25. The number of ether oxygens (including phenoxy) is 1. The number of likely N-dealkylation sites (tertiary alicyclic amines) is 1. The fourth-order valence-corrected chi connectivity index (χ4v) is 2.09. The lowest BCUT2D eigenvalue weighted by molar-refractivity contribution is 0.234. The molecule has 1 heterocycles. The molecule has 1 aromatic carbocycles. The van der Waals surface area contributed by atoms with Gasteiger partial charge in [-0.05, 0) is 43.1 Å². The van der Waals surface area contributed by atoms with E-state index in [0.717, 1.165) is 30.5 Å². The third kappa shape index (κ3) is 3.14. The first-order valence-electron chi connectivity index (χ1n) is 5.95. The van der Waals surface area contributed by atoms with Gasteiger partial charge in [0.2, 0.25) is 0 Å². The number of hydrogen-bond donors (Lipinski definition) is 1. The minimum absolute atomic E-state index is 0.761. The van der Waals surface area contributed by atoms with Crippen molar-refractivity contribution in [3.8, 4) is 5.75 Å². The van der Waals surface area contributed by atoms with Gasteiger partial charge in [0.25, 0.3) is 0 Å². The minimum Gasteiger partial charge on any atom is -0.492 e. The molecular formula is C13H20N2O. The molecule has 0 radical (unpaired) electrons. The molecule has 1 saturated heterocycles. The van der Waals surface area contributed by atoms with Crippen molar-refractivity contribution in [3.05, 3.63) is 24.3 Å². The molecule has 3 nitrogen and oxygen atoms in total. The molecule has 1 aliphatic heterocycles. The molecule has 0 spiro atoms. The average molecular weight is 220 g/mol. The van der Waals surface area contributed by atoms with Crippen LogP contribution < -0.4 is 10.5 Å². The highest BCUT2D eigenvalue weighted by Crippen LogP contribution is 2.15. The molecule has 0 amide bonds. The zero-order chi connectivity index (χ0) is 11.4. The zero-order valence-electron chi connectivity index (χ0n) is 9.86. The van der Waals surface area contributed by atoms with E-state index in [9.17, 15) is 0 Å². The van der Waals surface area contributed by atoms with Crippen LogP contribution in [0, 0.1) is 5.92 Å². The maximum Gasteiger partial charge on any atom is 0.119 e. The maximum absolute atomic E-state index is 5.66. The Balaban J connectivity index is 1.70. The summed E-state index contributed by atoms with van der Waals surface area (Å²) in [6, 6.07) is 7.57. The van der Waals surface area contributed by atoms with E-state index < -0.39 is 0 Å². The lowest BCUT2D eigenvalue weighted by atomic mass is 10.2. The number of anilines is 1. The average Bonchev–Trinajstić information content (AvgIpc) is 2.67. The fraction of sp³-hybridized carbons (Fsp3) is 0.538. The van der Waals surface area contributed by atoms with Gasteiger partial charge in [-0.25, -0.2) is 0 Å². The summed E-state index contributed by atoms with van der Waals surface area (Å²) in [6.45, 7) is 6.52. The van der Waals surface area contributed by atoms with Gasteiger partial charge in [0.1, 0.15) is 12.4 Å². The minimum atomic E-state index is 0.761. The second kappa shape index (κ2) is 5.21. The third-order valence-corrected chi connectivity index (χ3v) is 3.06. The van der Waals surface area contributed by atoms with Crippen LogP contribution in [0.15, 0.2) is 24.3 Å². The molecule has 0 aromatic heterocycles. The Hall–Kier alpha value is -1.22. The summed E-state index contributed by atoms with van der Waals surface area (Å²) in [5.74, 6) is 1.75. The van der Waals surface area contributed by atoms with Crippen molar-refractivity contribution in [1.29, 1.82) is 0 Å². The Labute approximate surface area is 97.2 Å². The van der Waals surface area contributed by atoms with Gasteiger partial charge >= 0.3 is 0 Å². The summed E-state index contributed by atoms with van der Waals surface area (Å²) < 4.78 is 5.66. The molecule has 1 fully saturated rings. The number of nitrogens with two attached hydrogens (primary N) is 1. The standard InChI is InChI=1S/C13H20N2O/c1-11-6-7-15(10-11)8-9-16-13-4-2-12(14)3-5-13/h2-5,11H,6-10,14H2,1H3/t11-/m0/s1. The topological polar surface area (TPSA) is 38.5 Å². The highest BCUT2D eigenvalue weighted by atomic mass is 16.5. The monoisotopic (exact) mass is 220 g/mol. The second-order valence-electron chi connectivity index (χ2n) is 4.61. The summed E-state index contributed by atoms with van der Waals surface area (Å²) in [6.07, 6.45) is 1.32. The summed E-state index contributed by atoms with van der Waals surface area (Å²) in [7, 11) is 0. The van der Waals surface area contributed by atoms with Crippen LogP contribution in [0.5, 0.6) is 5.75 Å². The van der Waals surface area contributed by atoms with Crippen molar-refractivity contribution >= 4 is 5.69 Å². The summed E-state index contributed by atoms with van der Waals surface area (Å²) in [4.78, 5) is 2.46. The second-order valence-corrected chi connectivity index (χ2v) is 4.61. The van der Waals surface area contributed by atoms with Crippen molar-refractivity contribution in [2.24, 2.45) is 5.92 Å². The zero-order valence-corrected chi connectivity index (χ0v) is 9.86. The molecule has 0 bridgehead atoms. The molecule has 16 heavy (non-hydrogen) atoms. The first-order valence-corrected chi connectivity index (χ1v) is 5.95. The normalized spacial score (nSPS) is 21.2. The van der Waals surface area contributed by atoms with Crippen molar-refractivity contribution in [2.45, 2.75) is 13.3 Å². The first-order chi connectivity index (χ1) is 7.74. The Kier molecular flexibility index (Phi) is 3.67. The van der Waals surface area contributed by atoms with Crippen LogP contribution in [0.25, 0.3) is 0 Å². The molecule has 0 aliphatic carbocycles. The van der Waals surface area contributed by atoms with Gasteiger partial charge in [0, 0.05) is 18.8 Å². The van der Waals surface area contributed by atoms with E-state index in [-0.39, 0.29) is 0 Å². The molecule has 1 aromatic rings. The molecule has 1 aliphatic rings. The maximum atomic E-state index is 5.66. The van der Waals surface area contributed by atoms with Crippen molar-refractivity contribution in [3.63, 3.8) is 0 Å². The Bertz CT molecular complexity index is 323.